The second-order valence-corrected chi connectivity index (χ2v) is 3.88. The van der Waals surface area contributed by atoms with Crippen molar-refractivity contribution in [2.24, 2.45) is 7.05 Å². The maximum atomic E-state index is 12.8. The summed E-state index contributed by atoms with van der Waals surface area (Å²) in [5, 5.41) is 0.723. The van der Waals surface area contributed by atoms with Crippen LogP contribution in [0.2, 0.25) is 5.02 Å². The molecule has 1 aromatic heterocycles. The number of rotatable bonds is 0. The third-order valence-corrected chi connectivity index (χ3v) is 2.73. The zero-order valence-corrected chi connectivity index (χ0v) is 9.10. The van der Waals surface area contributed by atoms with E-state index in [0.717, 1.165) is 6.07 Å². The average Bonchev–Trinajstić information content (AvgIpc) is 2.22. The van der Waals surface area contributed by atoms with Crippen LogP contribution in [0.5, 0.6) is 0 Å². The lowest BCUT2D eigenvalue weighted by atomic mass is 10.1. The van der Waals surface area contributed by atoms with Crippen LogP contribution in [0.25, 0.3) is 10.9 Å². The maximum absolute atomic E-state index is 12.8. The number of aryl methyl sites for hydroxylation is 1. The zero-order chi connectivity index (χ0) is 11.9. The maximum Gasteiger partial charge on any atom is 0.422 e. The van der Waals surface area contributed by atoms with Crippen molar-refractivity contribution in [2.45, 2.75) is 6.18 Å². The van der Waals surface area contributed by atoms with Crippen molar-refractivity contribution >= 4 is 22.5 Å². The Kier molecular flexibility index (Phi) is 2.54. The fraction of sp³-hybridized carbons (Fsp3) is 0.182. The van der Waals surface area contributed by atoms with Gasteiger partial charge < -0.3 is 0 Å². The fourth-order valence-corrected chi connectivity index (χ4v) is 1.90. The largest absolute Gasteiger partial charge is 0.422 e. The number of pyridine rings is 1. The van der Waals surface area contributed by atoms with E-state index in [1.165, 1.54) is 16.8 Å². The van der Waals surface area contributed by atoms with Gasteiger partial charge in [0.2, 0.25) is 5.52 Å². The van der Waals surface area contributed by atoms with E-state index in [1.807, 2.05) is 0 Å². The molecular formula is C11H8ClF3N+. The van der Waals surface area contributed by atoms with Gasteiger partial charge in [-0.25, -0.2) is 4.57 Å². The third kappa shape index (κ3) is 1.73. The van der Waals surface area contributed by atoms with Gasteiger partial charge in [-0.15, -0.1) is 0 Å². The second kappa shape index (κ2) is 3.63. The molecule has 0 aliphatic rings. The monoisotopic (exact) mass is 246 g/mol. The minimum absolute atomic E-state index is 0.0995. The molecule has 0 aliphatic carbocycles. The molecule has 0 amide bonds. The predicted octanol–water partition coefficient (Wildman–Crippen LogP) is 3.34. The first-order valence-electron chi connectivity index (χ1n) is 4.55. The van der Waals surface area contributed by atoms with Crippen LogP contribution in [0.3, 0.4) is 0 Å². The molecule has 5 heteroatoms. The summed E-state index contributed by atoms with van der Waals surface area (Å²) in [7, 11) is 1.56. The highest BCUT2D eigenvalue weighted by Crippen LogP contribution is 2.34. The highest BCUT2D eigenvalue weighted by Gasteiger charge is 2.36. The Morgan fingerprint density at radius 1 is 1.19 bits per heavy atom. The van der Waals surface area contributed by atoms with Crippen molar-refractivity contribution in [2.75, 3.05) is 0 Å². The van der Waals surface area contributed by atoms with Crippen molar-refractivity contribution in [1.82, 2.24) is 0 Å². The van der Waals surface area contributed by atoms with Crippen molar-refractivity contribution in [3.05, 3.63) is 41.0 Å². The molecule has 0 unspecified atom stereocenters. The molecule has 0 aliphatic heterocycles. The van der Waals surface area contributed by atoms with Crippen LogP contribution < -0.4 is 4.57 Å². The number of nitrogens with zero attached hydrogens (tertiary/aromatic N) is 1. The van der Waals surface area contributed by atoms with Gasteiger partial charge in [0.05, 0.1) is 10.4 Å². The summed E-state index contributed by atoms with van der Waals surface area (Å²) in [4.78, 5) is 0. The van der Waals surface area contributed by atoms with Crippen LogP contribution in [0, 0.1) is 0 Å². The summed E-state index contributed by atoms with van der Waals surface area (Å²) in [6.45, 7) is 0. The van der Waals surface area contributed by atoms with E-state index in [9.17, 15) is 13.2 Å². The van der Waals surface area contributed by atoms with Crippen LogP contribution >= 0.6 is 11.6 Å². The molecule has 0 saturated heterocycles. The molecule has 0 saturated carbocycles. The molecule has 84 valence electrons. The average molecular weight is 247 g/mol. The summed E-state index contributed by atoms with van der Waals surface area (Å²) in [6, 6.07) is 5.56. The van der Waals surface area contributed by atoms with Gasteiger partial charge in [-0.2, -0.15) is 13.2 Å². The Balaban J connectivity index is 2.92. The van der Waals surface area contributed by atoms with Crippen LogP contribution in [0.15, 0.2) is 30.5 Å². The first-order chi connectivity index (χ1) is 7.41. The van der Waals surface area contributed by atoms with Gasteiger partial charge in [0, 0.05) is 6.07 Å². The molecule has 0 fully saturated rings. The molecule has 0 radical (unpaired) electrons. The number of halogens is 4. The molecule has 2 aromatic rings. The molecule has 0 spiro atoms. The topological polar surface area (TPSA) is 3.88 Å². The molecular weight excluding hydrogens is 239 g/mol. The van der Waals surface area contributed by atoms with Crippen LogP contribution in [0.4, 0.5) is 13.2 Å². The molecule has 2 rings (SSSR count). The van der Waals surface area contributed by atoms with E-state index in [-0.39, 0.29) is 5.52 Å². The van der Waals surface area contributed by atoms with E-state index >= 15 is 0 Å². The Bertz CT molecular complexity index is 549. The number of para-hydroxylation sites is 1. The van der Waals surface area contributed by atoms with E-state index in [0.29, 0.717) is 10.4 Å². The van der Waals surface area contributed by atoms with Crippen molar-refractivity contribution in [3.63, 3.8) is 0 Å². The minimum Gasteiger partial charge on any atom is -0.200 e. The lowest BCUT2D eigenvalue weighted by Gasteiger charge is -2.08. The van der Waals surface area contributed by atoms with Gasteiger partial charge in [-0.1, -0.05) is 17.7 Å². The van der Waals surface area contributed by atoms with E-state index < -0.39 is 11.7 Å². The molecule has 1 aromatic carbocycles. The lowest BCUT2D eigenvalue weighted by molar-refractivity contribution is -0.645. The number of fused-ring (bicyclic) bond motifs is 1. The molecule has 0 atom stereocenters. The quantitative estimate of drug-likeness (QED) is 0.628. The van der Waals surface area contributed by atoms with E-state index in [1.54, 1.807) is 19.2 Å². The third-order valence-electron chi connectivity index (χ3n) is 2.40. The fourth-order valence-electron chi connectivity index (χ4n) is 1.69. The lowest BCUT2D eigenvalue weighted by Crippen LogP contribution is -2.30. The molecule has 1 heterocycles. The molecule has 0 bridgehead atoms. The molecule has 16 heavy (non-hydrogen) atoms. The standard InChI is InChI=1S/C11H8ClF3N/c1-16-6-5-9(12)7-3-2-4-8(10(7)16)11(13,14)15/h2-6H,1H3/q+1. The number of hydrogen-bond acceptors (Lipinski definition) is 0. The number of benzene rings is 1. The first kappa shape index (κ1) is 11.2. The summed E-state index contributed by atoms with van der Waals surface area (Å²) in [5.41, 5.74) is -0.572. The van der Waals surface area contributed by atoms with Crippen molar-refractivity contribution in [1.29, 1.82) is 0 Å². The Labute approximate surface area is 95.1 Å². The highest BCUT2D eigenvalue weighted by molar-refractivity contribution is 6.35. The van der Waals surface area contributed by atoms with Gasteiger partial charge in [0.15, 0.2) is 6.20 Å². The highest BCUT2D eigenvalue weighted by atomic mass is 35.5. The molecule has 0 N–H and O–H groups in total. The summed E-state index contributed by atoms with van der Waals surface area (Å²) < 4.78 is 39.7. The normalized spacial score (nSPS) is 12.1. The molecule has 1 nitrogen and oxygen atoms in total. The predicted molar refractivity (Wildman–Crippen MR) is 55.1 cm³/mol. The number of alkyl halides is 3. The zero-order valence-electron chi connectivity index (χ0n) is 8.35. The second-order valence-electron chi connectivity index (χ2n) is 3.47. The van der Waals surface area contributed by atoms with Gasteiger partial charge in [0.25, 0.3) is 0 Å². The minimum atomic E-state index is -4.37. The van der Waals surface area contributed by atoms with E-state index in [4.69, 9.17) is 11.6 Å². The Morgan fingerprint density at radius 2 is 1.88 bits per heavy atom. The summed E-state index contributed by atoms with van der Waals surface area (Å²) in [5.74, 6) is 0. The van der Waals surface area contributed by atoms with Gasteiger partial charge in [-0.3, -0.25) is 0 Å². The van der Waals surface area contributed by atoms with Gasteiger partial charge in [-0.05, 0) is 12.1 Å². The smallest absolute Gasteiger partial charge is 0.200 e. The Morgan fingerprint density at radius 3 is 2.50 bits per heavy atom. The number of aromatic nitrogens is 1. The Hall–Kier alpha value is -1.29. The summed E-state index contributed by atoms with van der Waals surface area (Å²) in [6.07, 6.45) is -2.86. The van der Waals surface area contributed by atoms with Crippen molar-refractivity contribution < 1.29 is 17.7 Å². The van der Waals surface area contributed by atoms with Crippen molar-refractivity contribution in [3.8, 4) is 0 Å². The number of hydrogen-bond donors (Lipinski definition) is 0. The first-order valence-corrected chi connectivity index (χ1v) is 4.93. The van der Waals surface area contributed by atoms with Crippen LogP contribution in [-0.4, -0.2) is 0 Å². The van der Waals surface area contributed by atoms with Crippen LogP contribution in [0.1, 0.15) is 5.56 Å². The summed E-state index contributed by atoms with van der Waals surface area (Å²) >= 11 is 5.87. The van der Waals surface area contributed by atoms with E-state index in [2.05, 4.69) is 0 Å². The SMILES string of the molecule is C[n+]1ccc(Cl)c2cccc(C(F)(F)F)c21. The van der Waals surface area contributed by atoms with Crippen LogP contribution in [-0.2, 0) is 13.2 Å². The van der Waals surface area contributed by atoms with Gasteiger partial charge >= 0.3 is 6.18 Å². The van der Waals surface area contributed by atoms with Gasteiger partial charge in [0.1, 0.15) is 12.6 Å².